The number of nitrogens with one attached hydrogen (secondary N) is 1. The molecule has 0 unspecified atom stereocenters. The molecular weight excluding hydrogens is 282 g/mol. The first kappa shape index (κ1) is 14.0. The maximum absolute atomic E-state index is 12.0. The van der Waals surface area contributed by atoms with E-state index in [0.29, 0.717) is 17.0 Å². The SMILES string of the molecule is CC(=O)N=C1C=CC(=C2C(=O)ONN2c2ccccc2)C=C1. The molecule has 3 rings (SSSR count). The van der Waals surface area contributed by atoms with Crippen LogP contribution in [0, 0.1) is 0 Å². The van der Waals surface area contributed by atoms with Crippen LogP contribution in [0.3, 0.4) is 0 Å². The van der Waals surface area contributed by atoms with Gasteiger partial charge in [0.15, 0.2) is 5.70 Å². The molecule has 0 bridgehead atoms. The maximum Gasteiger partial charge on any atom is 0.377 e. The zero-order valence-electron chi connectivity index (χ0n) is 11.8. The Labute approximate surface area is 127 Å². The molecule has 2 aliphatic rings. The Bertz CT molecular complexity index is 727. The summed E-state index contributed by atoms with van der Waals surface area (Å²) in [6.07, 6.45) is 6.81. The Balaban J connectivity index is 1.97. The molecule has 1 aliphatic heterocycles. The van der Waals surface area contributed by atoms with Crippen molar-refractivity contribution in [2.45, 2.75) is 6.92 Å². The van der Waals surface area contributed by atoms with Crippen LogP contribution < -0.4 is 10.6 Å². The lowest BCUT2D eigenvalue weighted by atomic mass is 10.1. The van der Waals surface area contributed by atoms with E-state index in [0.717, 1.165) is 5.69 Å². The van der Waals surface area contributed by atoms with Crippen molar-refractivity contribution in [2.24, 2.45) is 4.99 Å². The number of amides is 1. The summed E-state index contributed by atoms with van der Waals surface area (Å²) in [5, 5.41) is 1.57. The van der Waals surface area contributed by atoms with E-state index in [4.69, 9.17) is 4.84 Å². The van der Waals surface area contributed by atoms with Gasteiger partial charge < -0.3 is 4.84 Å². The van der Waals surface area contributed by atoms with E-state index in [1.54, 1.807) is 29.3 Å². The number of anilines is 1. The minimum Gasteiger partial charge on any atom is -0.345 e. The second kappa shape index (κ2) is 5.79. The summed E-state index contributed by atoms with van der Waals surface area (Å²) in [4.78, 5) is 31.7. The predicted molar refractivity (Wildman–Crippen MR) is 81.6 cm³/mol. The third-order valence-electron chi connectivity index (χ3n) is 3.09. The van der Waals surface area contributed by atoms with Crippen LogP contribution >= 0.6 is 0 Å². The molecule has 0 spiro atoms. The highest BCUT2D eigenvalue weighted by Crippen LogP contribution is 2.26. The molecule has 0 saturated carbocycles. The molecule has 1 N–H and O–H groups in total. The van der Waals surface area contributed by atoms with Crippen LogP contribution in [0.25, 0.3) is 0 Å². The molecule has 1 aromatic carbocycles. The number of rotatable bonds is 1. The van der Waals surface area contributed by atoms with Crippen molar-refractivity contribution in [2.75, 3.05) is 5.01 Å². The van der Waals surface area contributed by atoms with Crippen LogP contribution in [-0.2, 0) is 14.4 Å². The summed E-state index contributed by atoms with van der Waals surface area (Å²) in [6.45, 7) is 1.39. The van der Waals surface area contributed by atoms with Gasteiger partial charge in [0.25, 0.3) is 0 Å². The van der Waals surface area contributed by atoms with Gasteiger partial charge in [-0.3, -0.25) is 4.79 Å². The first-order valence-corrected chi connectivity index (χ1v) is 6.67. The second-order valence-corrected chi connectivity index (χ2v) is 4.68. The second-order valence-electron chi connectivity index (χ2n) is 4.68. The minimum absolute atomic E-state index is 0.270. The van der Waals surface area contributed by atoms with E-state index >= 15 is 0 Å². The molecule has 1 saturated heterocycles. The lowest BCUT2D eigenvalue weighted by Gasteiger charge is -2.17. The van der Waals surface area contributed by atoms with E-state index in [1.807, 2.05) is 30.3 Å². The quantitative estimate of drug-likeness (QED) is 0.800. The van der Waals surface area contributed by atoms with Gasteiger partial charge in [-0.1, -0.05) is 35.9 Å². The number of nitrogens with zero attached hydrogens (tertiary/aromatic N) is 2. The highest BCUT2D eigenvalue weighted by Gasteiger charge is 2.31. The van der Waals surface area contributed by atoms with Gasteiger partial charge in [-0.25, -0.2) is 14.8 Å². The lowest BCUT2D eigenvalue weighted by molar-refractivity contribution is -0.140. The van der Waals surface area contributed by atoms with Gasteiger partial charge in [-0.2, -0.15) is 0 Å². The van der Waals surface area contributed by atoms with Crippen molar-refractivity contribution in [3.05, 3.63) is 65.9 Å². The summed E-state index contributed by atoms with van der Waals surface area (Å²) < 4.78 is 0. The maximum atomic E-state index is 12.0. The average molecular weight is 295 g/mol. The number of allylic oxidation sites excluding steroid dienone is 5. The first-order chi connectivity index (χ1) is 10.6. The largest absolute Gasteiger partial charge is 0.377 e. The van der Waals surface area contributed by atoms with Crippen LogP contribution in [0.1, 0.15) is 6.92 Å². The van der Waals surface area contributed by atoms with Crippen molar-refractivity contribution in [3.8, 4) is 0 Å². The fourth-order valence-corrected chi connectivity index (χ4v) is 2.15. The van der Waals surface area contributed by atoms with E-state index in [9.17, 15) is 9.59 Å². The molecule has 6 heteroatoms. The van der Waals surface area contributed by atoms with Gasteiger partial charge in [0.1, 0.15) is 0 Å². The van der Waals surface area contributed by atoms with Gasteiger partial charge in [-0.05, 0) is 24.3 Å². The van der Waals surface area contributed by atoms with Crippen molar-refractivity contribution in [1.29, 1.82) is 0 Å². The Hall–Kier alpha value is -2.99. The van der Waals surface area contributed by atoms with Gasteiger partial charge in [0.2, 0.25) is 5.91 Å². The smallest absolute Gasteiger partial charge is 0.345 e. The molecule has 0 aromatic heterocycles. The average Bonchev–Trinajstić information content (AvgIpc) is 2.90. The zero-order chi connectivity index (χ0) is 15.5. The molecule has 1 heterocycles. The predicted octanol–water partition coefficient (Wildman–Crippen LogP) is 1.84. The molecule has 1 aliphatic carbocycles. The Morgan fingerprint density at radius 3 is 2.45 bits per heavy atom. The number of carbonyl (C=O) groups excluding carboxylic acids is 2. The summed E-state index contributed by atoms with van der Waals surface area (Å²) in [5.41, 5.74) is 4.95. The minimum atomic E-state index is -0.472. The van der Waals surface area contributed by atoms with Crippen LogP contribution in [-0.4, -0.2) is 17.6 Å². The highest BCUT2D eigenvalue weighted by atomic mass is 16.7. The first-order valence-electron chi connectivity index (χ1n) is 6.67. The van der Waals surface area contributed by atoms with E-state index in [2.05, 4.69) is 10.6 Å². The highest BCUT2D eigenvalue weighted by molar-refractivity contribution is 6.11. The van der Waals surface area contributed by atoms with Crippen LogP contribution in [0.15, 0.2) is 70.9 Å². The van der Waals surface area contributed by atoms with Gasteiger partial charge in [-0.15, -0.1) is 0 Å². The zero-order valence-corrected chi connectivity index (χ0v) is 11.8. The summed E-state index contributed by atoms with van der Waals surface area (Å²) in [5.74, 6) is -0.742. The van der Waals surface area contributed by atoms with E-state index in [-0.39, 0.29) is 5.91 Å². The number of hydrogen-bond acceptors (Lipinski definition) is 5. The van der Waals surface area contributed by atoms with Crippen molar-refractivity contribution in [3.63, 3.8) is 0 Å². The molecule has 1 fully saturated rings. The lowest BCUT2D eigenvalue weighted by Crippen LogP contribution is -2.29. The number of hydrogen-bond donors (Lipinski definition) is 1. The third-order valence-corrected chi connectivity index (χ3v) is 3.09. The fourth-order valence-electron chi connectivity index (χ4n) is 2.15. The van der Waals surface area contributed by atoms with Crippen LogP contribution in [0.4, 0.5) is 5.69 Å². The molecule has 1 amide bonds. The Kier molecular flexibility index (Phi) is 3.67. The van der Waals surface area contributed by atoms with E-state index in [1.165, 1.54) is 6.92 Å². The van der Waals surface area contributed by atoms with Gasteiger partial charge in [0.05, 0.1) is 11.4 Å². The summed E-state index contributed by atoms with van der Waals surface area (Å²) in [6, 6.07) is 9.33. The number of aliphatic imine (C=N–C) groups is 1. The number of para-hydroxylation sites is 1. The Morgan fingerprint density at radius 1 is 1.14 bits per heavy atom. The summed E-state index contributed by atoms with van der Waals surface area (Å²) >= 11 is 0. The van der Waals surface area contributed by atoms with Crippen LogP contribution in [0.5, 0.6) is 0 Å². The van der Waals surface area contributed by atoms with Gasteiger partial charge in [0, 0.05) is 12.5 Å². The van der Waals surface area contributed by atoms with Crippen molar-refractivity contribution in [1.82, 2.24) is 5.59 Å². The Morgan fingerprint density at radius 2 is 1.82 bits per heavy atom. The van der Waals surface area contributed by atoms with Crippen LogP contribution in [0.2, 0.25) is 0 Å². The standard InChI is InChI=1S/C16H13N3O3/c1-11(20)17-13-9-7-12(8-10-13)15-16(21)22-18-19(15)14-5-3-2-4-6-14/h2-10,18H,1H3. The number of carbonyl (C=O) groups is 2. The van der Waals surface area contributed by atoms with Crippen molar-refractivity contribution >= 4 is 23.3 Å². The number of benzene rings is 1. The van der Waals surface area contributed by atoms with E-state index < -0.39 is 5.97 Å². The molecule has 0 radical (unpaired) electrons. The molecule has 1 aromatic rings. The molecule has 6 nitrogen and oxygen atoms in total. The third kappa shape index (κ3) is 2.72. The topological polar surface area (TPSA) is 71.0 Å². The molecular formula is C16H13N3O3. The number of hydrazine groups is 1. The fraction of sp³-hybridized carbons (Fsp3) is 0.0625. The molecule has 110 valence electrons. The van der Waals surface area contributed by atoms with Gasteiger partial charge >= 0.3 is 5.97 Å². The normalized spacial score (nSPS) is 17.0. The summed E-state index contributed by atoms with van der Waals surface area (Å²) in [7, 11) is 0. The molecule has 0 atom stereocenters. The molecule has 22 heavy (non-hydrogen) atoms. The van der Waals surface area contributed by atoms with Crippen molar-refractivity contribution < 1.29 is 14.4 Å². The monoisotopic (exact) mass is 295 g/mol.